The van der Waals surface area contributed by atoms with Crippen molar-refractivity contribution in [2.75, 3.05) is 5.75 Å². The first-order valence-corrected chi connectivity index (χ1v) is 9.51. The van der Waals surface area contributed by atoms with E-state index in [4.69, 9.17) is 12.2 Å². The monoisotopic (exact) mass is 364 g/mol. The zero-order valence-corrected chi connectivity index (χ0v) is 15.1. The van der Waals surface area contributed by atoms with Crippen LogP contribution >= 0.6 is 24.0 Å². The van der Waals surface area contributed by atoms with Crippen LogP contribution in [0.5, 0.6) is 0 Å². The minimum absolute atomic E-state index is 0.0609. The number of thiocarbonyl (C=S) groups is 1. The number of thioether (sulfide) groups is 1. The molecule has 3 nitrogen and oxygen atoms in total. The molecule has 1 aliphatic rings. The maximum Gasteiger partial charge on any atom is 0.261 e. The molecule has 1 aromatic heterocycles. The van der Waals surface area contributed by atoms with Gasteiger partial charge in [0.15, 0.2) is 0 Å². The first-order valence-electron chi connectivity index (χ1n) is 8.11. The average molecular weight is 364 g/mol. The number of pyridine rings is 1. The van der Waals surface area contributed by atoms with E-state index in [1.165, 1.54) is 5.56 Å². The van der Waals surface area contributed by atoms with Gasteiger partial charge in [-0.3, -0.25) is 14.7 Å². The molecular weight excluding hydrogens is 348 g/mol. The van der Waals surface area contributed by atoms with Gasteiger partial charge < -0.3 is 0 Å². The molecule has 1 saturated heterocycles. The summed E-state index contributed by atoms with van der Waals surface area (Å²) in [5.41, 5.74) is 2.69. The fraction of sp³-hybridized carbons (Fsp3) is 0.150. The highest BCUT2D eigenvalue weighted by atomic mass is 32.2. The third-order valence-corrected chi connectivity index (χ3v) is 5.88. The molecule has 124 valence electrons. The molecule has 0 saturated carbocycles. The van der Waals surface area contributed by atoms with Crippen LogP contribution in [0.15, 0.2) is 66.9 Å². The normalized spacial score (nSPS) is 17.2. The number of amides is 1. The molecule has 4 rings (SSSR count). The van der Waals surface area contributed by atoms with Gasteiger partial charge in [0.1, 0.15) is 4.32 Å². The quantitative estimate of drug-likeness (QED) is 0.648. The molecule has 25 heavy (non-hydrogen) atoms. The molecule has 3 aromatic rings. The smallest absolute Gasteiger partial charge is 0.261 e. The predicted octanol–water partition coefficient (Wildman–Crippen LogP) is 4.32. The number of aromatic nitrogens is 1. The molecule has 5 heteroatoms. The van der Waals surface area contributed by atoms with Gasteiger partial charge in [0.05, 0.1) is 17.1 Å². The zero-order valence-electron chi connectivity index (χ0n) is 13.5. The fourth-order valence-electron chi connectivity index (χ4n) is 3.07. The third kappa shape index (κ3) is 3.30. The standard InChI is InChI=1S/C20H16N2OS2/c23-19(16-11-15-8-4-5-9-18(15)21-12-16)22-17(13-25-20(22)24)10-14-6-2-1-3-7-14/h1-9,11-12,17H,10,13H2/t17-/m0/s1. The minimum Gasteiger partial charge on any atom is -0.289 e. The number of fused-ring (bicyclic) bond motifs is 1. The van der Waals surface area contributed by atoms with Crippen LogP contribution in [-0.2, 0) is 6.42 Å². The number of benzene rings is 2. The lowest BCUT2D eigenvalue weighted by Gasteiger charge is -2.23. The molecular formula is C20H16N2OS2. The van der Waals surface area contributed by atoms with Crippen molar-refractivity contribution in [1.29, 1.82) is 0 Å². The lowest BCUT2D eigenvalue weighted by atomic mass is 10.1. The molecule has 1 atom stereocenters. The molecule has 1 aliphatic heterocycles. The minimum atomic E-state index is -0.0609. The first-order chi connectivity index (χ1) is 12.2. The summed E-state index contributed by atoms with van der Waals surface area (Å²) in [4.78, 5) is 19.3. The second-order valence-corrected chi connectivity index (χ2v) is 7.67. The summed E-state index contributed by atoms with van der Waals surface area (Å²) in [6.45, 7) is 0. The number of hydrogen-bond donors (Lipinski definition) is 0. The number of rotatable bonds is 3. The van der Waals surface area contributed by atoms with Crippen molar-refractivity contribution < 1.29 is 4.79 Å². The molecule has 0 spiro atoms. The Morgan fingerprint density at radius 2 is 1.92 bits per heavy atom. The van der Waals surface area contributed by atoms with E-state index in [0.29, 0.717) is 9.88 Å². The molecule has 1 fully saturated rings. The van der Waals surface area contributed by atoms with Gasteiger partial charge in [-0.1, -0.05) is 72.5 Å². The number of nitrogens with zero attached hydrogens (tertiary/aromatic N) is 2. The van der Waals surface area contributed by atoms with Crippen LogP contribution in [-0.4, -0.2) is 31.9 Å². The number of carbonyl (C=O) groups excluding carboxylic acids is 1. The van der Waals surface area contributed by atoms with E-state index in [-0.39, 0.29) is 11.9 Å². The molecule has 0 N–H and O–H groups in total. The van der Waals surface area contributed by atoms with Crippen LogP contribution in [0, 0.1) is 0 Å². The van der Waals surface area contributed by atoms with Gasteiger partial charge in [-0.25, -0.2) is 0 Å². The zero-order chi connectivity index (χ0) is 17.2. The summed E-state index contributed by atoms with van der Waals surface area (Å²) >= 11 is 7.03. The second-order valence-electron chi connectivity index (χ2n) is 6.01. The predicted molar refractivity (Wildman–Crippen MR) is 107 cm³/mol. The maximum absolute atomic E-state index is 13.1. The second kappa shape index (κ2) is 6.94. The Morgan fingerprint density at radius 3 is 2.76 bits per heavy atom. The summed E-state index contributed by atoms with van der Waals surface area (Å²) in [7, 11) is 0. The van der Waals surface area contributed by atoms with Crippen LogP contribution in [0.3, 0.4) is 0 Å². The average Bonchev–Trinajstić information content (AvgIpc) is 3.01. The van der Waals surface area contributed by atoms with Crippen molar-refractivity contribution >= 4 is 45.1 Å². The molecule has 0 bridgehead atoms. The van der Waals surface area contributed by atoms with Crippen LogP contribution in [0.2, 0.25) is 0 Å². The number of hydrogen-bond acceptors (Lipinski definition) is 4. The lowest BCUT2D eigenvalue weighted by molar-refractivity contribution is 0.0823. The van der Waals surface area contributed by atoms with Gasteiger partial charge in [-0.15, -0.1) is 0 Å². The van der Waals surface area contributed by atoms with Crippen molar-refractivity contribution in [1.82, 2.24) is 9.88 Å². The summed E-state index contributed by atoms with van der Waals surface area (Å²) in [6, 6.07) is 20.0. The fourth-order valence-corrected chi connectivity index (χ4v) is 4.48. The Kier molecular flexibility index (Phi) is 4.51. The van der Waals surface area contributed by atoms with Crippen LogP contribution in [0.1, 0.15) is 15.9 Å². The van der Waals surface area contributed by atoms with E-state index in [1.807, 2.05) is 48.5 Å². The molecule has 0 unspecified atom stereocenters. The van der Waals surface area contributed by atoms with Crippen molar-refractivity contribution in [2.45, 2.75) is 12.5 Å². The summed E-state index contributed by atoms with van der Waals surface area (Å²) in [5.74, 6) is 0.773. The summed E-state index contributed by atoms with van der Waals surface area (Å²) in [6.07, 6.45) is 2.45. The van der Waals surface area contributed by atoms with Gasteiger partial charge in [-0.05, 0) is 24.1 Å². The van der Waals surface area contributed by atoms with Gasteiger partial charge in [0, 0.05) is 17.3 Å². The van der Waals surface area contributed by atoms with E-state index in [0.717, 1.165) is 23.1 Å². The maximum atomic E-state index is 13.1. The van der Waals surface area contributed by atoms with Gasteiger partial charge in [0.2, 0.25) is 0 Å². The number of carbonyl (C=O) groups is 1. The van der Waals surface area contributed by atoms with E-state index in [9.17, 15) is 4.79 Å². The van der Waals surface area contributed by atoms with E-state index < -0.39 is 0 Å². The van der Waals surface area contributed by atoms with Crippen molar-refractivity contribution in [2.24, 2.45) is 0 Å². The van der Waals surface area contributed by atoms with Crippen molar-refractivity contribution in [3.05, 3.63) is 78.0 Å². The highest BCUT2D eigenvalue weighted by Crippen LogP contribution is 2.29. The van der Waals surface area contributed by atoms with Crippen molar-refractivity contribution in [3.63, 3.8) is 0 Å². The lowest BCUT2D eigenvalue weighted by Crippen LogP contribution is -2.40. The highest BCUT2D eigenvalue weighted by molar-refractivity contribution is 8.23. The van der Waals surface area contributed by atoms with E-state index in [2.05, 4.69) is 17.1 Å². The van der Waals surface area contributed by atoms with E-state index >= 15 is 0 Å². The van der Waals surface area contributed by atoms with Gasteiger partial charge in [-0.2, -0.15) is 0 Å². The molecule has 2 heterocycles. The van der Waals surface area contributed by atoms with Crippen LogP contribution in [0.25, 0.3) is 10.9 Å². The Bertz CT molecular complexity index is 943. The van der Waals surface area contributed by atoms with Crippen LogP contribution in [0.4, 0.5) is 0 Å². The summed E-state index contributed by atoms with van der Waals surface area (Å²) in [5, 5.41) is 0.964. The van der Waals surface area contributed by atoms with Crippen LogP contribution < -0.4 is 0 Å². The third-order valence-electron chi connectivity index (χ3n) is 4.33. The molecule has 0 radical (unpaired) electrons. The molecule has 1 amide bonds. The molecule has 2 aromatic carbocycles. The molecule has 0 aliphatic carbocycles. The van der Waals surface area contributed by atoms with Gasteiger partial charge >= 0.3 is 0 Å². The SMILES string of the molecule is O=C(c1cnc2ccccc2c1)N1C(=S)SC[C@@H]1Cc1ccccc1. The van der Waals surface area contributed by atoms with E-state index in [1.54, 1.807) is 22.9 Å². The Hall–Kier alpha value is -2.24. The Morgan fingerprint density at radius 1 is 1.16 bits per heavy atom. The topological polar surface area (TPSA) is 33.2 Å². The van der Waals surface area contributed by atoms with Crippen molar-refractivity contribution in [3.8, 4) is 0 Å². The largest absolute Gasteiger partial charge is 0.289 e. The summed E-state index contributed by atoms with van der Waals surface area (Å²) < 4.78 is 0.652. The highest BCUT2D eigenvalue weighted by Gasteiger charge is 2.34. The van der Waals surface area contributed by atoms with Gasteiger partial charge in [0.25, 0.3) is 5.91 Å². The Balaban J connectivity index is 1.62. The number of para-hydroxylation sites is 1. The Labute approximate surface area is 156 Å². The first kappa shape index (κ1) is 16.2.